The number of amides is 1. The number of rotatable bonds is 8. The highest BCUT2D eigenvalue weighted by molar-refractivity contribution is 5.99. The third-order valence-electron chi connectivity index (χ3n) is 5.42. The van der Waals surface area contributed by atoms with Crippen LogP contribution in [0.2, 0.25) is 0 Å². The van der Waals surface area contributed by atoms with Gasteiger partial charge < -0.3 is 10.5 Å². The summed E-state index contributed by atoms with van der Waals surface area (Å²) in [5, 5.41) is 3.90. The van der Waals surface area contributed by atoms with E-state index in [-0.39, 0.29) is 23.1 Å². The highest BCUT2D eigenvalue weighted by Crippen LogP contribution is 2.29. The number of hydrogen-bond donors (Lipinski definition) is 2. The standard InChI is InChI=1S/C20H28N6O5/c1-3-4-9-25-17(21)16(18(28)23-20(25)30)26(14-7-5-6-8-14)15(27)12-31-19(29)13-10-22-24(2)11-13/h10-11,14H,3-9,12,21H2,1-2H3,(H,23,28,30). The Hall–Kier alpha value is -3.37. The van der Waals surface area contributed by atoms with Gasteiger partial charge in [-0.2, -0.15) is 5.10 Å². The summed E-state index contributed by atoms with van der Waals surface area (Å²) < 4.78 is 7.88. The summed E-state index contributed by atoms with van der Waals surface area (Å²) in [6.07, 6.45) is 7.52. The third kappa shape index (κ3) is 4.86. The van der Waals surface area contributed by atoms with Crippen molar-refractivity contribution in [2.75, 3.05) is 17.2 Å². The Kier molecular flexibility index (Phi) is 6.93. The summed E-state index contributed by atoms with van der Waals surface area (Å²) >= 11 is 0. The van der Waals surface area contributed by atoms with E-state index in [2.05, 4.69) is 10.1 Å². The summed E-state index contributed by atoms with van der Waals surface area (Å²) in [5.74, 6) is -1.31. The first-order valence-electron chi connectivity index (χ1n) is 10.4. The van der Waals surface area contributed by atoms with E-state index in [1.807, 2.05) is 6.92 Å². The van der Waals surface area contributed by atoms with E-state index in [4.69, 9.17) is 10.5 Å². The van der Waals surface area contributed by atoms with Crippen LogP contribution in [0.25, 0.3) is 0 Å². The molecule has 168 valence electrons. The SMILES string of the molecule is CCCCn1c(N)c(N(C(=O)COC(=O)c2cnn(C)c2)C2CCCC2)c(=O)[nH]c1=O. The molecule has 31 heavy (non-hydrogen) atoms. The summed E-state index contributed by atoms with van der Waals surface area (Å²) in [6.45, 7) is 1.74. The molecule has 11 nitrogen and oxygen atoms in total. The molecule has 1 amide bonds. The first-order chi connectivity index (χ1) is 14.8. The second kappa shape index (κ2) is 9.63. The van der Waals surface area contributed by atoms with E-state index in [1.165, 1.54) is 26.5 Å². The molecule has 1 fully saturated rings. The highest BCUT2D eigenvalue weighted by atomic mass is 16.5. The fourth-order valence-electron chi connectivity index (χ4n) is 3.83. The van der Waals surface area contributed by atoms with Gasteiger partial charge in [-0.15, -0.1) is 0 Å². The first-order valence-corrected chi connectivity index (χ1v) is 10.4. The average molecular weight is 432 g/mol. The van der Waals surface area contributed by atoms with Crippen LogP contribution >= 0.6 is 0 Å². The van der Waals surface area contributed by atoms with Crippen LogP contribution in [-0.4, -0.2) is 43.9 Å². The van der Waals surface area contributed by atoms with E-state index < -0.39 is 29.7 Å². The first kappa shape index (κ1) is 22.3. The van der Waals surface area contributed by atoms with Gasteiger partial charge in [-0.25, -0.2) is 9.59 Å². The molecule has 0 radical (unpaired) electrons. The maximum Gasteiger partial charge on any atom is 0.341 e. The van der Waals surface area contributed by atoms with Crippen LogP contribution in [-0.2, 0) is 23.1 Å². The van der Waals surface area contributed by atoms with Crippen molar-refractivity contribution < 1.29 is 14.3 Å². The Labute approximate surface area is 178 Å². The van der Waals surface area contributed by atoms with E-state index >= 15 is 0 Å². The van der Waals surface area contributed by atoms with Gasteiger partial charge in [-0.05, 0) is 19.3 Å². The number of anilines is 2. The molecule has 0 spiro atoms. The number of aromatic amines is 1. The van der Waals surface area contributed by atoms with Crippen molar-refractivity contribution in [3.8, 4) is 0 Å². The Balaban J connectivity index is 1.90. The number of nitrogen functional groups attached to an aromatic ring is 1. The number of esters is 1. The number of ether oxygens (including phenoxy) is 1. The number of nitrogens with two attached hydrogens (primary N) is 1. The lowest BCUT2D eigenvalue weighted by molar-refractivity contribution is -0.122. The Morgan fingerprint density at radius 2 is 2.03 bits per heavy atom. The molecule has 2 aromatic heterocycles. The van der Waals surface area contributed by atoms with Crippen molar-refractivity contribution in [3.63, 3.8) is 0 Å². The monoisotopic (exact) mass is 432 g/mol. The average Bonchev–Trinajstić information content (AvgIpc) is 3.40. The maximum absolute atomic E-state index is 13.1. The number of H-pyrrole nitrogens is 1. The van der Waals surface area contributed by atoms with Gasteiger partial charge in [0.05, 0.1) is 11.8 Å². The van der Waals surface area contributed by atoms with Gasteiger partial charge in [0, 0.05) is 25.8 Å². The summed E-state index contributed by atoms with van der Waals surface area (Å²) in [5.41, 5.74) is 5.03. The number of nitrogens with one attached hydrogen (secondary N) is 1. The smallest absolute Gasteiger partial charge is 0.341 e. The second-order valence-corrected chi connectivity index (χ2v) is 7.68. The van der Waals surface area contributed by atoms with Crippen molar-refractivity contribution in [2.45, 2.75) is 58.0 Å². The number of carbonyl (C=O) groups is 2. The van der Waals surface area contributed by atoms with Gasteiger partial charge in [0.15, 0.2) is 12.3 Å². The van der Waals surface area contributed by atoms with Gasteiger partial charge in [-0.3, -0.25) is 28.7 Å². The molecule has 2 aromatic rings. The lowest BCUT2D eigenvalue weighted by Gasteiger charge is -2.29. The fraction of sp³-hybridized carbons (Fsp3) is 0.550. The molecule has 11 heteroatoms. The number of aromatic nitrogens is 4. The van der Waals surface area contributed by atoms with Crippen LogP contribution in [0.4, 0.5) is 11.5 Å². The zero-order valence-electron chi connectivity index (χ0n) is 17.8. The normalized spacial score (nSPS) is 14.0. The lowest BCUT2D eigenvalue weighted by atomic mass is 10.2. The van der Waals surface area contributed by atoms with E-state index in [9.17, 15) is 19.2 Å². The van der Waals surface area contributed by atoms with Gasteiger partial charge in [-0.1, -0.05) is 26.2 Å². The Morgan fingerprint density at radius 3 is 2.65 bits per heavy atom. The summed E-state index contributed by atoms with van der Waals surface area (Å²) in [7, 11) is 1.66. The number of aryl methyl sites for hydroxylation is 1. The third-order valence-corrected chi connectivity index (χ3v) is 5.42. The van der Waals surface area contributed by atoms with Crippen LogP contribution in [0.5, 0.6) is 0 Å². The number of unbranched alkanes of at least 4 members (excludes halogenated alkanes) is 1. The zero-order valence-corrected chi connectivity index (χ0v) is 17.8. The predicted octanol–water partition coefficient (Wildman–Crippen LogP) is 0.785. The molecule has 1 aliphatic rings. The number of nitrogens with zero attached hydrogens (tertiary/aromatic N) is 4. The Bertz CT molecular complexity index is 1060. The van der Waals surface area contributed by atoms with Crippen LogP contribution in [0, 0.1) is 0 Å². The van der Waals surface area contributed by atoms with Gasteiger partial charge in [0.1, 0.15) is 5.82 Å². The van der Waals surface area contributed by atoms with Crippen molar-refractivity contribution in [2.24, 2.45) is 7.05 Å². The van der Waals surface area contributed by atoms with Crippen LogP contribution < -0.4 is 21.9 Å². The van der Waals surface area contributed by atoms with Crippen molar-refractivity contribution >= 4 is 23.4 Å². The molecular weight excluding hydrogens is 404 g/mol. The van der Waals surface area contributed by atoms with E-state index in [0.717, 1.165) is 19.3 Å². The van der Waals surface area contributed by atoms with Crippen LogP contribution in [0.3, 0.4) is 0 Å². The largest absolute Gasteiger partial charge is 0.452 e. The highest BCUT2D eigenvalue weighted by Gasteiger charge is 2.33. The van der Waals surface area contributed by atoms with E-state index in [0.29, 0.717) is 25.8 Å². The quantitative estimate of drug-likeness (QED) is 0.586. The van der Waals surface area contributed by atoms with E-state index in [1.54, 1.807) is 7.05 Å². The van der Waals surface area contributed by atoms with Crippen LogP contribution in [0.15, 0.2) is 22.0 Å². The second-order valence-electron chi connectivity index (χ2n) is 7.68. The van der Waals surface area contributed by atoms with Crippen molar-refractivity contribution in [1.29, 1.82) is 0 Å². The molecule has 2 heterocycles. The molecule has 0 saturated heterocycles. The Morgan fingerprint density at radius 1 is 1.32 bits per heavy atom. The molecular formula is C20H28N6O5. The van der Waals surface area contributed by atoms with Crippen molar-refractivity contribution in [3.05, 3.63) is 38.8 Å². The topological polar surface area (TPSA) is 145 Å². The summed E-state index contributed by atoms with van der Waals surface area (Å²) in [6, 6.07) is -0.259. The van der Waals surface area contributed by atoms with Crippen LogP contribution in [0.1, 0.15) is 55.8 Å². The minimum atomic E-state index is -0.728. The molecule has 3 rings (SSSR count). The number of hydrogen-bond acceptors (Lipinski definition) is 7. The lowest BCUT2D eigenvalue weighted by Crippen LogP contribution is -2.47. The predicted molar refractivity (Wildman–Crippen MR) is 114 cm³/mol. The summed E-state index contributed by atoms with van der Waals surface area (Å²) in [4.78, 5) is 53.8. The minimum Gasteiger partial charge on any atom is -0.452 e. The zero-order chi connectivity index (χ0) is 22.5. The molecule has 0 aromatic carbocycles. The molecule has 0 aliphatic heterocycles. The van der Waals surface area contributed by atoms with Gasteiger partial charge in [0.25, 0.3) is 11.5 Å². The molecule has 0 unspecified atom stereocenters. The molecule has 1 aliphatic carbocycles. The molecule has 0 bridgehead atoms. The maximum atomic E-state index is 13.1. The fourth-order valence-corrected chi connectivity index (χ4v) is 3.83. The molecule has 3 N–H and O–H groups in total. The van der Waals surface area contributed by atoms with Gasteiger partial charge >= 0.3 is 11.7 Å². The minimum absolute atomic E-state index is 0.0546. The van der Waals surface area contributed by atoms with Gasteiger partial charge in [0.2, 0.25) is 0 Å². The van der Waals surface area contributed by atoms with Crippen molar-refractivity contribution in [1.82, 2.24) is 19.3 Å². The molecule has 1 saturated carbocycles. The molecule has 0 atom stereocenters. The number of carbonyl (C=O) groups excluding carboxylic acids is 2.